The zero-order valence-electron chi connectivity index (χ0n) is 11.4. The summed E-state index contributed by atoms with van der Waals surface area (Å²) < 4.78 is 5.00. The first-order valence-electron chi connectivity index (χ1n) is 6.19. The molecular weight excluding hydrogens is 264 g/mol. The van der Waals surface area contributed by atoms with Crippen LogP contribution in [-0.2, 0) is 11.3 Å². The van der Waals surface area contributed by atoms with Crippen LogP contribution < -0.4 is 11.3 Å². The first-order chi connectivity index (χ1) is 9.63. The van der Waals surface area contributed by atoms with Crippen molar-refractivity contribution in [3.8, 4) is 0 Å². The number of hydrogen-bond donors (Lipinski definition) is 3. The fourth-order valence-corrected chi connectivity index (χ4v) is 1.91. The average molecular weight is 284 g/mol. The van der Waals surface area contributed by atoms with E-state index in [0.717, 1.165) is 0 Å². The quantitative estimate of drug-likeness (QED) is 0.340. The molecule has 0 aliphatic rings. The fraction of sp³-hybridized carbons (Fsp3) is 0.500. The number of anilines is 1. The van der Waals surface area contributed by atoms with E-state index in [1.807, 2.05) is 4.90 Å². The first kappa shape index (κ1) is 16.3. The van der Waals surface area contributed by atoms with Gasteiger partial charge in [-0.05, 0) is 5.56 Å². The molecule has 0 radical (unpaired) electrons. The molecule has 1 aromatic rings. The van der Waals surface area contributed by atoms with Crippen LogP contribution in [0.2, 0.25) is 0 Å². The Morgan fingerprint density at radius 3 is 2.80 bits per heavy atom. The molecule has 0 atom stereocenters. The predicted octanol–water partition coefficient (Wildman–Crippen LogP) is 0.321. The normalized spacial score (nSPS) is 10.8. The summed E-state index contributed by atoms with van der Waals surface area (Å²) in [6.45, 7) is 2.02. The van der Waals surface area contributed by atoms with Crippen molar-refractivity contribution in [2.75, 3.05) is 38.8 Å². The highest BCUT2D eigenvalue weighted by Crippen LogP contribution is 2.28. The van der Waals surface area contributed by atoms with Gasteiger partial charge in [0.2, 0.25) is 0 Å². The molecule has 8 nitrogen and oxygen atoms in total. The maximum Gasteiger partial charge on any atom is 0.293 e. The summed E-state index contributed by atoms with van der Waals surface area (Å²) in [4.78, 5) is 12.4. The van der Waals surface area contributed by atoms with E-state index in [-0.39, 0.29) is 18.0 Å². The molecule has 8 heteroatoms. The smallest absolute Gasteiger partial charge is 0.293 e. The molecule has 0 fully saturated rings. The van der Waals surface area contributed by atoms with Crippen molar-refractivity contribution in [3.63, 3.8) is 0 Å². The van der Waals surface area contributed by atoms with Crippen molar-refractivity contribution in [1.82, 2.24) is 4.90 Å². The largest absolute Gasteiger partial charge is 0.395 e. The molecule has 112 valence electrons. The van der Waals surface area contributed by atoms with E-state index in [2.05, 4.69) is 5.43 Å². The summed E-state index contributed by atoms with van der Waals surface area (Å²) in [5.74, 6) is 5.39. The third-order valence-electron chi connectivity index (χ3n) is 2.89. The second-order valence-electron chi connectivity index (χ2n) is 4.21. The molecule has 0 amide bonds. The van der Waals surface area contributed by atoms with E-state index in [0.29, 0.717) is 31.8 Å². The number of hydrazine groups is 1. The van der Waals surface area contributed by atoms with Gasteiger partial charge in [-0.2, -0.15) is 0 Å². The molecule has 0 spiro atoms. The van der Waals surface area contributed by atoms with Crippen molar-refractivity contribution in [1.29, 1.82) is 0 Å². The summed E-state index contributed by atoms with van der Waals surface area (Å²) in [5, 5.41) is 20.0. The van der Waals surface area contributed by atoms with E-state index >= 15 is 0 Å². The molecule has 4 N–H and O–H groups in total. The van der Waals surface area contributed by atoms with Gasteiger partial charge in [0, 0.05) is 32.8 Å². The lowest BCUT2D eigenvalue weighted by Crippen LogP contribution is -2.30. The minimum atomic E-state index is -0.482. The third kappa shape index (κ3) is 4.42. The Kier molecular flexibility index (Phi) is 6.88. The molecule has 0 aliphatic carbocycles. The highest BCUT2D eigenvalue weighted by Gasteiger charge is 2.18. The number of nitro benzene ring substituents is 1. The number of para-hydroxylation sites is 1. The molecule has 0 aliphatic heterocycles. The number of hydrogen-bond acceptors (Lipinski definition) is 7. The summed E-state index contributed by atoms with van der Waals surface area (Å²) in [5.41, 5.74) is 3.31. The molecule has 20 heavy (non-hydrogen) atoms. The zero-order valence-corrected chi connectivity index (χ0v) is 11.4. The molecule has 0 heterocycles. The number of nitrogen functional groups attached to an aromatic ring is 1. The van der Waals surface area contributed by atoms with Gasteiger partial charge in [0.15, 0.2) is 0 Å². The van der Waals surface area contributed by atoms with E-state index in [1.165, 1.54) is 6.07 Å². The highest BCUT2D eigenvalue weighted by molar-refractivity contribution is 5.65. The monoisotopic (exact) mass is 284 g/mol. The van der Waals surface area contributed by atoms with Crippen LogP contribution in [0.15, 0.2) is 18.2 Å². The lowest BCUT2D eigenvalue weighted by Gasteiger charge is -2.22. The Bertz CT molecular complexity index is 441. The van der Waals surface area contributed by atoms with Gasteiger partial charge in [0.1, 0.15) is 5.69 Å². The Morgan fingerprint density at radius 2 is 2.25 bits per heavy atom. The topological polar surface area (TPSA) is 114 Å². The molecule has 1 rings (SSSR count). The standard InChI is InChI=1S/C12H20N4O4/c1-20-8-6-15(5-7-17)9-10-3-2-4-11(16(18)19)12(10)14-13/h2-4,14,17H,5-9,13H2,1H3. The van der Waals surface area contributed by atoms with Crippen molar-refractivity contribution in [2.45, 2.75) is 6.54 Å². The lowest BCUT2D eigenvalue weighted by atomic mass is 10.1. The van der Waals surface area contributed by atoms with Gasteiger partial charge in [0.05, 0.1) is 18.1 Å². The van der Waals surface area contributed by atoms with Gasteiger partial charge >= 0.3 is 0 Å². The molecular formula is C12H20N4O4. The number of benzene rings is 1. The summed E-state index contributed by atoms with van der Waals surface area (Å²) in [6.07, 6.45) is 0. The number of aliphatic hydroxyl groups is 1. The molecule has 0 aromatic heterocycles. The minimum absolute atomic E-state index is 0.00400. The van der Waals surface area contributed by atoms with Crippen molar-refractivity contribution in [3.05, 3.63) is 33.9 Å². The molecule has 0 saturated heterocycles. The Hall–Kier alpha value is -1.74. The van der Waals surface area contributed by atoms with Crippen molar-refractivity contribution in [2.24, 2.45) is 5.84 Å². The molecule has 0 saturated carbocycles. The van der Waals surface area contributed by atoms with Crippen LogP contribution in [0.25, 0.3) is 0 Å². The van der Waals surface area contributed by atoms with E-state index in [9.17, 15) is 10.1 Å². The first-order valence-corrected chi connectivity index (χ1v) is 6.19. The summed E-state index contributed by atoms with van der Waals surface area (Å²) >= 11 is 0. The van der Waals surface area contributed by atoms with Crippen LogP contribution in [-0.4, -0.2) is 48.3 Å². The Morgan fingerprint density at radius 1 is 1.50 bits per heavy atom. The van der Waals surface area contributed by atoms with Crippen LogP contribution in [0.5, 0.6) is 0 Å². The van der Waals surface area contributed by atoms with Crippen LogP contribution in [0.1, 0.15) is 5.56 Å². The number of nitrogens with two attached hydrogens (primary N) is 1. The second kappa shape index (κ2) is 8.43. The van der Waals surface area contributed by atoms with E-state index < -0.39 is 4.92 Å². The van der Waals surface area contributed by atoms with Crippen molar-refractivity contribution >= 4 is 11.4 Å². The highest BCUT2D eigenvalue weighted by atomic mass is 16.6. The number of nitro groups is 1. The van der Waals surface area contributed by atoms with Gasteiger partial charge in [0.25, 0.3) is 5.69 Å². The average Bonchev–Trinajstić information content (AvgIpc) is 2.44. The van der Waals surface area contributed by atoms with Crippen molar-refractivity contribution < 1.29 is 14.8 Å². The maximum atomic E-state index is 11.0. The molecule has 0 unspecified atom stereocenters. The van der Waals surface area contributed by atoms with Gasteiger partial charge in [-0.3, -0.25) is 20.9 Å². The van der Waals surface area contributed by atoms with Crippen LogP contribution in [0, 0.1) is 10.1 Å². The molecule has 1 aromatic carbocycles. The summed E-state index contributed by atoms with van der Waals surface area (Å²) in [7, 11) is 1.59. The third-order valence-corrected chi connectivity index (χ3v) is 2.89. The van der Waals surface area contributed by atoms with Crippen LogP contribution in [0.3, 0.4) is 0 Å². The number of nitrogens with zero attached hydrogens (tertiary/aromatic N) is 2. The number of aliphatic hydroxyl groups excluding tert-OH is 1. The predicted molar refractivity (Wildman–Crippen MR) is 75.1 cm³/mol. The maximum absolute atomic E-state index is 11.0. The Labute approximate surface area is 117 Å². The number of ether oxygens (including phenoxy) is 1. The number of rotatable bonds is 9. The lowest BCUT2D eigenvalue weighted by molar-refractivity contribution is -0.384. The summed E-state index contributed by atoms with van der Waals surface area (Å²) in [6, 6.07) is 4.77. The zero-order chi connectivity index (χ0) is 15.0. The van der Waals surface area contributed by atoms with Gasteiger partial charge < -0.3 is 15.3 Å². The van der Waals surface area contributed by atoms with E-state index in [4.69, 9.17) is 15.7 Å². The van der Waals surface area contributed by atoms with Gasteiger partial charge in [-0.25, -0.2) is 0 Å². The van der Waals surface area contributed by atoms with Crippen LogP contribution >= 0.6 is 0 Å². The van der Waals surface area contributed by atoms with E-state index in [1.54, 1.807) is 19.2 Å². The van der Waals surface area contributed by atoms with Crippen LogP contribution in [0.4, 0.5) is 11.4 Å². The minimum Gasteiger partial charge on any atom is -0.395 e. The van der Waals surface area contributed by atoms with Gasteiger partial charge in [-0.15, -0.1) is 0 Å². The van der Waals surface area contributed by atoms with Gasteiger partial charge in [-0.1, -0.05) is 12.1 Å². The second-order valence-corrected chi connectivity index (χ2v) is 4.21. The number of methoxy groups -OCH3 is 1. The molecule has 0 bridgehead atoms. The number of nitrogens with one attached hydrogen (secondary N) is 1. The fourth-order valence-electron chi connectivity index (χ4n) is 1.91. The SMILES string of the molecule is COCCN(CCO)Cc1cccc([N+](=O)[O-])c1NN. The Balaban J connectivity index is 2.93.